The fraction of sp³-hybridized carbons (Fsp3) is 0.529. The number of hydrogen-bond acceptors (Lipinski definition) is 6. The second-order valence-corrected chi connectivity index (χ2v) is 4.81. The van der Waals surface area contributed by atoms with Gasteiger partial charge >= 0.3 is 12.0 Å². The predicted molar refractivity (Wildman–Crippen MR) is 93.6 cm³/mol. The minimum absolute atomic E-state index is 0.0988. The fourth-order valence-corrected chi connectivity index (χ4v) is 2.02. The maximum absolute atomic E-state index is 11.9. The second-order valence-electron chi connectivity index (χ2n) is 4.81. The zero-order chi connectivity index (χ0) is 18.7. The highest BCUT2D eigenvalue weighted by molar-refractivity contribution is 5.90. The quantitative estimate of drug-likeness (QED) is 0.627. The number of amides is 2. The zero-order valence-corrected chi connectivity index (χ0v) is 15.1. The Balaban J connectivity index is 2.87. The molecule has 0 saturated heterocycles. The summed E-state index contributed by atoms with van der Waals surface area (Å²) in [4.78, 5) is 23.0. The van der Waals surface area contributed by atoms with E-state index in [2.05, 4.69) is 15.4 Å². The van der Waals surface area contributed by atoms with Gasteiger partial charge in [-0.3, -0.25) is 4.79 Å². The summed E-state index contributed by atoms with van der Waals surface area (Å²) in [5.41, 5.74) is 0.492. The van der Waals surface area contributed by atoms with Crippen LogP contribution < -0.4 is 24.8 Å². The first kappa shape index (κ1) is 20.4. The molecule has 0 heterocycles. The van der Waals surface area contributed by atoms with Crippen molar-refractivity contribution in [1.82, 2.24) is 5.32 Å². The summed E-state index contributed by atoms with van der Waals surface area (Å²) in [6.45, 7) is 7.10. The molecule has 0 aliphatic heterocycles. The van der Waals surface area contributed by atoms with Gasteiger partial charge in [-0.2, -0.15) is 0 Å². The molecule has 0 aliphatic carbocycles. The van der Waals surface area contributed by atoms with E-state index in [1.54, 1.807) is 12.1 Å². The molecular formula is C17H26N2O6. The van der Waals surface area contributed by atoms with Gasteiger partial charge in [0, 0.05) is 18.7 Å². The van der Waals surface area contributed by atoms with E-state index < -0.39 is 12.0 Å². The third-order valence-electron chi connectivity index (χ3n) is 3.01. The van der Waals surface area contributed by atoms with Gasteiger partial charge in [0.2, 0.25) is 5.75 Å². The van der Waals surface area contributed by atoms with E-state index in [4.69, 9.17) is 14.2 Å². The number of carbonyl (C=O) groups is 2. The molecule has 0 aromatic heterocycles. The first-order valence-electron chi connectivity index (χ1n) is 8.23. The Morgan fingerprint density at radius 1 is 0.960 bits per heavy atom. The molecule has 25 heavy (non-hydrogen) atoms. The number of anilines is 1. The molecule has 8 nitrogen and oxygen atoms in total. The molecule has 0 unspecified atom stereocenters. The van der Waals surface area contributed by atoms with Crippen LogP contribution in [0.1, 0.15) is 27.2 Å². The van der Waals surface area contributed by atoms with Crippen LogP contribution in [0.3, 0.4) is 0 Å². The SMILES string of the molecule is CCOc1cc(NC(=O)NCCC(=O)OC)cc(OCC)c1OCC. The van der Waals surface area contributed by atoms with E-state index in [0.717, 1.165) is 0 Å². The van der Waals surface area contributed by atoms with E-state index in [-0.39, 0.29) is 13.0 Å². The molecule has 1 rings (SSSR count). The van der Waals surface area contributed by atoms with Crippen LogP contribution in [-0.2, 0) is 9.53 Å². The summed E-state index contributed by atoms with van der Waals surface area (Å²) in [5, 5.41) is 5.26. The summed E-state index contributed by atoms with van der Waals surface area (Å²) in [6.07, 6.45) is 0.0988. The predicted octanol–water partition coefficient (Wildman–Crippen LogP) is 2.57. The second kappa shape index (κ2) is 11.0. The minimum atomic E-state index is -0.446. The molecule has 0 aliphatic rings. The molecule has 0 saturated carbocycles. The first-order chi connectivity index (χ1) is 12.0. The largest absolute Gasteiger partial charge is 0.490 e. The van der Waals surface area contributed by atoms with Crippen molar-refractivity contribution in [2.45, 2.75) is 27.2 Å². The third kappa shape index (κ3) is 6.78. The van der Waals surface area contributed by atoms with Crippen LogP contribution in [0.4, 0.5) is 10.5 Å². The summed E-state index contributed by atoms with van der Waals surface area (Å²) in [6, 6.07) is 2.88. The number of hydrogen-bond donors (Lipinski definition) is 2. The molecule has 0 spiro atoms. The van der Waals surface area contributed by atoms with Crippen molar-refractivity contribution in [2.75, 3.05) is 38.8 Å². The van der Waals surface area contributed by atoms with Crippen molar-refractivity contribution in [3.8, 4) is 17.2 Å². The van der Waals surface area contributed by atoms with Gasteiger partial charge in [-0.05, 0) is 20.8 Å². The number of ether oxygens (including phenoxy) is 4. The molecule has 8 heteroatoms. The Hall–Kier alpha value is -2.64. The Bertz CT molecular complexity index is 549. The lowest BCUT2D eigenvalue weighted by Crippen LogP contribution is -2.30. The molecule has 1 aromatic carbocycles. The number of nitrogens with one attached hydrogen (secondary N) is 2. The highest BCUT2D eigenvalue weighted by Gasteiger charge is 2.16. The van der Waals surface area contributed by atoms with Crippen molar-refractivity contribution in [2.24, 2.45) is 0 Å². The van der Waals surface area contributed by atoms with Gasteiger partial charge in [-0.25, -0.2) is 4.79 Å². The standard InChI is InChI=1S/C17H26N2O6/c1-5-23-13-10-12(11-14(24-6-2)16(13)25-7-3)19-17(21)18-9-8-15(20)22-4/h10-11H,5-9H2,1-4H3,(H2,18,19,21). The highest BCUT2D eigenvalue weighted by atomic mass is 16.5. The number of rotatable bonds is 10. The molecule has 2 N–H and O–H groups in total. The van der Waals surface area contributed by atoms with Crippen molar-refractivity contribution >= 4 is 17.7 Å². The zero-order valence-electron chi connectivity index (χ0n) is 15.1. The fourth-order valence-electron chi connectivity index (χ4n) is 2.02. The van der Waals surface area contributed by atoms with Crippen LogP contribution in [0.25, 0.3) is 0 Å². The molecule has 0 radical (unpaired) electrons. The van der Waals surface area contributed by atoms with E-state index >= 15 is 0 Å². The van der Waals surface area contributed by atoms with E-state index in [9.17, 15) is 9.59 Å². The lowest BCUT2D eigenvalue weighted by Gasteiger charge is -2.17. The number of benzene rings is 1. The van der Waals surface area contributed by atoms with Crippen molar-refractivity contribution in [3.63, 3.8) is 0 Å². The van der Waals surface area contributed by atoms with E-state index in [0.29, 0.717) is 42.8 Å². The Morgan fingerprint density at radius 2 is 1.52 bits per heavy atom. The third-order valence-corrected chi connectivity index (χ3v) is 3.01. The van der Waals surface area contributed by atoms with Crippen LogP contribution in [0.15, 0.2) is 12.1 Å². The maximum atomic E-state index is 11.9. The summed E-state index contributed by atoms with van der Waals surface area (Å²) in [5.74, 6) is 1.09. The van der Waals surface area contributed by atoms with E-state index in [1.807, 2.05) is 20.8 Å². The minimum Gasteiger partial charge on any atom is -0.490 e. The van der Waals surface area contributed by atoms with Crippen molar-refractivity contribution in [3.05, 3.63) is 12.1 Å². The summed E-state index contributed by atoms with van der Waals surface area (Å²) in [7, 11) is 1.30. The van der Waals surface area contributed by atoms with Gasteiger partial charge in [-0.1, -0.05) is 0 Å². The van der Waals surface area contributed by atoms with Gasteiger partial charge in [0.15, 0.2) is 11.5 Å². The summed E-state index contributed by atoms with van der Waals surface area (Å²) >= 11 is 0. The number of methoxy groups -OCH3 is 1. The van der Waals surface area contributed by atoms with Crippen LogP contribution in [0.5, 0.6) is 17.2 Å². The number of esters is 1. The number of carbonyl (C=O) groups excluding carboxylic acids is 2. The van der Waals surface area contributed by atoms with Gasteiger partial charge in [0.1, 0.15) is 0 Å². The monoisotopic (exact) mass is 354 g/mol. The van der Waals surface area contributed by atoms with Crippen LogP contribution >= 0.6 is 0 Å². The Morgan fingerprint density at radius 3 is 2.00 bits per heavy atom. The Labute approximate surface area is 147 Å². The van der Waals surface area contributed by atoms with Gasteiger partial charge in [0.25, 0.3) is 0 Å². The normalized spacial score (nSPS) is 9.92. The van der Waals surface area contributed by atoms with Gasteiger partial charge in [-0.15, -0.1) is 0 Å². The topological polar surface area (TPSA) is 95.1 Å². The molecular weight excluding hydrogens is 328 g/mol. The Kier molecular flexibility index (Phi) is 8.99. The van der Waals surface area contributed by atoms with Crippen molar-refractivity contribution in [1.29, 1.82) is 0 Å². The molecule has 1 aromatic rings. The average molecular weight is 354 g/mol. The lowest BCUT2D eigenvalue weighted by molar-refractivity contribution is -0.140. The maximum Gasteiger partial charge on any atom is 0.319 e. The molecule has 140 valence electrons. The van der Waals surface area contributed by atoms with E-state index in [1.165, 1.54) is 7.11 Å². The summed E-state index contributed by atoms with van der Waals surface area (Å²) < 4.78 is 21.3. The first-order valence-corrected chi connectivity index (χ1v) is 8.23. The molecule has 0 fully saturated rings. The van der Waals surface area contributed by atoms with Crippen LogP contribution in [-0.4, -0.2) is 45.5 Å². The highest BCUT2D eigenvalue weighted by Crippen LogP contribution is 2.40. The average Bonchev–Trinajstić information content (AvgIpc) is 2.58. The van der Waals surface area contributed by atoms with Crippen LogP contribution in [0, 0.1) is 0 Å². The lowest BCUT2D eigenvalue weighted by atomic mass is 10.2. The van der Waals surface area contributed by atoms with Crippen molar-refractivity contribution < 1.29 is 28.5 Å². The number of urea groups is 1. The van der Waals surface area contributed by atoms with Gasteiger partial charge < -0.3 is 29.6 Å². The molecule has 0 atom stereocenters. The molecule has 2 amide bonds. The van der Waals surface area contributed by atoms with Crippen LogP contribution in [0.2, 0.25) is 0 Å². The van der Waals surface area contributed by atoms with Gasteiger partial charge in [0.05, 0.1) is 39.0 Å². The smallest absolute Gasteiger partial charge is 0.319 e. The molecule has 0 bridgehead atoms.